The van der Waals surface area contributed by atoms with Crippen LogP contribution >= 0.6 is 0 Å². The normalized spacial score (nSPS) is 10.6. The van der Waals surface area contributed by atoms with Crippen molar-refractivity contribution in [1.29, 1.82) is 0 Å². The van der Waals surface area contributed by atoms with Gasteiger partial charge in [-0.05, 0) is 24.6 Å². The fourth-order valence-corrected chi connectivity index (χ4v) is 1.88. The summed E-state index contributed by atoms with van der Waals surface area (Å²) < 4.78 is 14.6. The number of pyridine rings is 1. The number of hydrogen-bond acceptors (Lipinski definition) is 2. The summed E-state index contributed by atoms with van der Waals surface area (Å²) in [5.74, 6) is -0.535. The van der Waals surface area contributed by atoms with Gasteiger partial charge in [0.15, 0.2) is 5.75 Å². The largest absolute Gasteiger partial charge is 0.503 e. The molecule has 0 fully saturated rings. The molecule has 1 aromatic carbocycles. The van der Waals surface area contributed by atoms with Gasteiger partial charge < -0.3 is 9.67 Å². The highest BCUT2D eigenvalue weighted by Gasteiger charge is 2.10. The van der Waals surface area contributed by atoms with Crippen LogP contribution in [0.1, 0.15) is 18.2 Å². The molecule has 0 aliphatic rings. The maximum Gasteiger partial charge on any atom is 0.223 e. The molecule has 0 aliphatic carbocycles. The Morgan fingerprint density at radius 2 is 1.89 bits per heavy atom. The lowest BCUT2D eigenvalue weighted by atomic mass is 10.1. The Hall–Kier alpha value is -2.10. The van der Waals surface area contributed by atoms with Gasteiger partial charge in [0, 0.05) is 25.2 Å². The molecule has 0 saturated carbocycles. The summed E-state index contributed by atoms with van der Waals surface area (Å²) in [6.07, 6.45) is 2.05. The fraction of sp³-hybridized carbons (Fsp3) is 0.214. The highest BCUT2D eigenvalue weighted by Crippen LogP contribution is 2.17. The number of aromatic nitrogens is 1. The molecule has 1 N–H and O–H groups in total. The van der Waals surface area contributed by atoms with Gasteiger partial charge in [-0.25, -0.2) is 4.39 Å². The molecule has 1 heterocycles. The first kappa shape index (κ1) is 12.4. The van der Waals surface area contributed by atoms with E-state index in [1.807, 2.05) is 6.92 Å². The molecule has 3 nitrogen and oxygen atoms in total. The first-order chi connectivity index (χ1) is 8.61. The molecule has 1 aromatic heterocycles. The van der Waals surface area contributed by atoms with Crippen molar-refractivity contribution in [2.45, 2.75) is 19.9 Å². The van der Waals surface area contributed by atoms with E-state index in [0.717, 1.165) is 5.56 Å². The minimum Gasteiger partial charge on any atom is -0.503 e. The van der Waals surface area contributed by atoms with E-state index < -0.39 is 5.43 Å². The lowest BCUT2D eigenvalue weighted by molar-refractivity contribution is 0.451. The van der Waals surface area contributed by atoms with Crippen molar-refractivity contribution in [3.05, 3.63) is 63.8 Å². The van der Waals surface area contributed by atoms with E-state index in [2.05, 4.69) is 0 Å². The molecule has 94 valence electrons. The van der Waals surface area contributed by atoms with Gasteiger partial charge in [-0.15, -0.1) is 0 Å². The molecule has 0 atom stereocenters. The standard InChI is InChI=1S/C14H14FNO2/c1-2-16-8-7-13(17)14(18)12(16)9-10-3-5-11(15)6-4-10/h3-8,18H,2,9H2,1H3. The highest BCUT2D eigenvalue weighted by atomic mass is 19.1. The Balaban J connectivity index is 2.41. The summed E-state index contributed by atoms with van der Waals surface area (Å²) in [5.41, 5.74) is 1.01. The molecule has 0 unspecified atom stereocenters. The minimum absolute atomic E-state index is 0.233. The third kappa shape index (κ3) is 2.42. The van der Waals surface area contributed by atoms with E-state index in [-0.39, 0.29) is 11.6 Å². The summed E-state index contributed by atoms with van der Waals surface area (Å²) in [6, 6.07) is 7.36. The lowest BCUT2D eigenvalue weighted by Gasteiger charge is -2.12. The molecule has 0 aliphatic heterocycles. The van der Waals surface area contributed by atoms with Gasteiger partial charge in [-0.2, -0.15) is 0 Å². The van der Waals surface area contributed by atoms with Crippen molar-refractivity contribution in [3.8, 4) is 5.75 Å². The molecule has 2 aromatic rings. The van der Waals surface area contributed by atoms with Crippen molar-refractivity contribution in [1.82, 2.24) is 4.57 Å². The van der Waals surface area contributed by atoms with Gasteiger partial charge in [0.1, 0.15) is 5.82 Å². The summed E-state index contributed by atoms with van der Waals surface area (Å²) in [7, 11) is 0. The van der Waals surface area contributed by atoms with Crippen molar-refractivity contribution in [3.63, 3.8) is 0 Å². The molecular formula is C14H14FNO2. The van der Waals surface area contributed by atoms with Gasteiger partial charge in [0.2, 0.25) is 5.43 Å². The Kier molecular flexibility index (Phi) is 3.46. The van der Waals surface area contributed by atoms with E-state index in [4.69, 9.17) is 0 Å². The highest BCUT2D eigenvalue weighted by molar-refractivity contribution is 5.32. The van der Waals surface area contributed by atoms with Crippen LogP contribution in [-0.2, 0) is 13.0 Å². The molecule has 0 amide bonds. The van der Waals surface area contributed by atoms with E-state index in [1.165, 1.54) is 18.2 Å². The van der Waals surface area contributed by atoms with Gasteiger partial charge in [-0.1, -0.05) is 12.1 Å². The molecule has 0 saturated heterocycles. The summed E-state index contributed by atoms with van der Waals surface area (Å²) in [4.78, 5) is 11.4. The topological polar surface area (TPSA) is 42.2 Å². The van der Waals surface area contributed by atoms with E-state index in [9.17, 15) is 14.3 Å². The molecule has 0 spiro atoms. The molecular weight excluding hydrogens is 233 g/mol. The number of aryl methyl sites for hydroxylation is 1. The molecule has 4 heteroatoms. The summed E-state index contributed by atoms with van der Waals surface area (Å²) in [5, 5.41) is 9.82. The van der Waals surface area contributed by atoms with Gasteiger partial charge in [-0.3, -0.25) is 4.79 Å². The zero-order valence-electron chi connectivity index (χ0n) is 10.1. The number of aromatic hydroxyl groups is 1. The molecule has 0 bridgehead atoms. The summed E-state index contributed by atoms with van der Waals surface area (Å²) in [6.45, 7) is 2.59. The Morgan fingerprint density at radius 3 is 2.50 bits per heavy atom. The molecule has 18 heavy (non-hydrogen) atoms. The average molecular weight is 247 g/mol. The number of rotatable bonds is 3. The van der Waals surface area contributed by atoms with Gasteiger partial charge in [0.25, 0.3) is 0 Å². The fourth-order valence-electron chi connectivity index (χ4n) is 1.88. The number of nitrogens with zero attached hydrogens (tertiary/aromatic N) is 1. The van der Waals surface area contributed by atoms with Crippen LogP contribution in [0.15, 0.2) is 41.3 Å². The first-order valence-electron chi connectivity index (χ1n) is 5.77. The zero-order chi connectivity index (χ0) is 13.1. The van der Waals surface area contributed by atoms with Crippen LogP contribution in [0.5, 0.6) is 5.75 Å². The van der Waals surface area contributed by atoms with Crippen molar-refractivity contribution in [2.24, 2.45) is 0 Å². The second-order valence-corrected chi connectivity index (χ2v) is 4.06. The van der Waals surface area contributed by atoms with Crippen LogP contribution in [-0.4, -0.2) is 9.67 Å². The minimum atomic E-state index is -0.392. The predicted molar refractivity (Wildman–Crippen MR) is 67.2 cm³/mol. The molecule has 0 radical (unpaired) electrons. The van der Waals surface area contributed by atoms with Crippen LogP contribution < -0.4 is 5.43 Å². The van der Waals surface area contributed by atoms with E-state index in [1.54, 1.807) is 22.9 Å². The monoisotopic (exact) mass is 247 g/mol. The summed E-state index contributed by atoms with van der Waals surface area (Å²) >= 11 is 0. The van der Waals surface area contributed by atoms with Crippen molar-refractivity contribution >= 4 is 0 Å². The maximum absolute atomic E-state index is 12.8. The quantitative estimate of drug-likeness (QED) is 0.904. The third-order valence-electron chi connectivity index (χ3n) is 2.88. The van der Waals surface area contributed by atoms with E-state index >= 15 is 0 Å². The van der Waals surface area contributed by atoms with Crippen molar-refractivity contribution < 1.29 is 9.50 Å². The maximum atomic E-state index is 12.8. The van der Waals surface area contributed by atoms with Gasteiger partial charge in [0.05, 0.1) is 5.69 Å². The zero-order valence-corrected chi connectivity index (χ0v) is 10.1. The number of hydrogen-bond donors (Lipinski definition) is 1. The second-order valence-electron chi connectivity index (χ2n) is 4.06. The third-order valence-corrected chi connectivity index (χ3v) is 2.88. The lowest BCUT2D eigenvalue weighted by Crippen LogP contribution is -2.12. The van der Waals surface area contributed by atoms with Crippen molar-refractivity contribution in [2.75, 3.05) is 0 Å². The first-order valence-corrected chi connectivity index (χ1v) is 5.77. The van der Waals surface area contributed by atoms with Crippen LogP contribution in [0, 0.1) is 5.82 Å². The SMILES string of the molecule is CCn1ccc(=O)c(O)c1Cc1ccc(F)cc1. The van der Waals surface area contributed by atoms with Crippen LogP contribution in [0.25, 0.3) is 0 Å². The predicted octanol–water partition coefficient (Wildman–Crippen LogP) is 2.30. The Morgan fingerprint density at radius 1 is 1.22 bits per heavy atom. The van der Waals surface area contributed by atoms with E-state index in [0.29, 0.717) is 18.7 Å². The Bertz CT molecular complexity index is 602. The number of halogens is 1. The second kappa shape index (κ2) is 5.04. The number of benzene rings is 1. The van der Waals surface area contributed by atoms with Gasteiger partial charge >= 0.3 is 0 Å². The van der Waals surface area contributed by atoms with Crippen LogP contribution in [0.3, 0.4) is 0 Å². The van der Waals surface area contributed by atoms with Crippen LogP contribution in [0.4, 0.5) is 4.39 Å². The smallest absolute Gasteiger partial charge is 0.223 e. The average Bonchev–Trinajstić information content (AvgIpc) is 2.38. The Labute approximate surface area is 104 Å². The van der Waals surface area contributed by atoms with Crippen LogP contribution in [0.2, 0.25) is 0 Å². The molecule has 2 rings (SSSR count).